The van der Waals surface area contributed by atoms with E-state index in [-0.39, 0.29) is 16.3 Å². The van der Waals surface area contributed by atoms with Gasteiger partial charge in [0.1, 0.15) is 11.4 Å². The molecule has 156 valence electrons. The summed E-state index contributed by atoms with van der Waals surface area (Å²) < 4.78 is 30.9. The predicted octanol–water partition coefficient (Wildman–Crippen LogP) is 2.72. The third-order valence-corrected chi connectivity index (χ3v) is 6.84. The van der Waals surface area contributed by atoms with Gasteiger partial charge in [-0.3, -0.25) is 10.1 Å². The highest BCUT2D eigenvalue weighted by Crippen LogP contribution is 2.32. The van der Waals surface area contributed by atoms with E-state index in [0.29, 0.717) is 30.1 Å². The standard InChI is InChI=1S/C20H25N3O5S/c1-3-21-9-11-22(12-10-21)19-8-7-18(14-20(19)23(24)25)29(26,27)15-16-5-4-6-17(13-16)28-2/h4-8,13-14H,3,9-12,15H2,1-2H3. The van der Waals surface area contributed by atoms with Crippen molar-refractivity contribution in [2.75, 3.05) is 44.7 Å². The predicted molar refractivity (Wildman–Crippen MR) is 111 cm³/mol. The van der Waals surface area contributed by atoms with Crippen LogP contribution in [0.4, 0.5) is 11.4 Å². The van der Waals surface area contributed by atoms with Crippen molar-refractivity contribution in [3.63, 3.8) is 0 Å². The molecule has 8 nitrogen and oxygen atoms in total. The average molecular weight is 420 g/mol. The number of likely N-dealkylation sites (N-methyl/N-ethyl adjacent to an activating group) is 1. The molecular weight excluding hydrogens is 394 g/mol. The largest absolute Gasteiger partial charge is 0.497 e. The van der Waals surface area contributed by atoms with Crippen LogP contribution in [0, 0.1) is 10.1 Å². The lowest BCUT2D eigenvalue weighted by atomic mass is 10.2. The molecule has 1 fully saturated rings. The van der Waals surface area contributed by atoms with Gasteiger partial charge in [-0.25, -0.2) is 8.42 Å². The number of rotatable bonds is 7. The topological polar surface area (TPSA) is 93.0 Å². The lowest BCUT2D eigenvalue weighted by molar-refractivity contribution is -0.384. The molecule has 3 rings (SSSR count). The second-order valence-electron chi connectivity index (χ2n) is 6.94. The van der Waals surface area contributed by atoms with Gasteiger partial charge in [0.05, 0.1) is 22.7 Å². The maximum atomic E-state index is 12.9. The molecule has 9 heteroatoms. The summed E-state index contributed by atoms with van der Waals surface area (Å²) in [5, 5.41) is 11.7. The molecular formula is C20H25N3O5S. The van der Waals surface area contributed by atoms with Gasteiger partial charge >= 0.3 is 0 Å². The highest BCUT2D eigenvalue weighted by atomic mass is 32.2. The van der Waals surface area contributed by atoms with Gasteiger partial charge in [-0.1, -0.05) is 19.1 Å². The van der Waals surface area contributed by atoms with E-state index in [1.807, 2.05) is 4.90 Å². The first kappa shape index (κ1) is 21.1. The first-order chi connectivity index (χ1) is 13.8. The maximum Gasteiger partial charge on any atom is 0.293 e. The van der Waals surface area contributed by atoms with Crippen LogP contribution in [0.1, 0.15) is 12.5 Å². The molecule has 0 N–H and O–H groups in total. The van der Waals surface area contributed by atoms with E-state index in [4.69, 9.17) is 4.74 Å². The summed E-state index contributed by atoms with van der Waals surface area (Å²) in [4.78, 5) is 15.3. The molecule has 1 saturated heterocycles. The smallest absolute Gasteiger partial charge is 0.293 e. The summed E-state index contributed by atoms with van der Waals surface area (Å²) in [5.74, 6) is 0.306. The summed E-state index contributed by atoms with van der Waals surface area (Å²) in [6, 6.07) is 11.0. The van der Waals surface area contributed by atoms with Crippen molar-refractivity contribution in [1.29, 1.82) is 0 Å². The number of hydrogen-bond acceptors (Lipinski definition) is 7. The average Bonchev–Trinajstić information content (AvgIpc) is 2.73. The number of benzene rings is 2. The van der Waals surface area contributed by atoms with Gasteiger partial charge in [0, 0.05) is 32.2 Å². The second kappa shape index (κ2) is 8.79. The quantitative estimate of drug-likeness (QED) is 0.503. The summed E-state index contributed by atoms with van der Waals surface area (Å²) in [6.45, 7) is 6.01. The van der Waals surface area contributed by atoms with E-state index in [2.05, 4.69) is 11.8 Å². The van der Waals surface area contributed by atoms with Crippen LogP contribution in [0.25, 0.3) is 0 Å². The van der Waals surface area contributed by atoms with Crippen molar-refractivity contribution in [3.8, 4) is 5.75 Å². The number of sulfone groups is 1. The molecule has 0 bridgehead atoms. The molecule has 0 aliphatic carbocycles. The van der Waals surface area contributed by atoms with Crippen LogP contribution >= 0.6 is 0 Å². The molecule has 2 aromatic carbocycles. The lowest BCUT2D eigenvalue weighted by Gasteiger charge is -2.35. The zero-order chi connectivity index (χ0) is 21.0. The number of nitro benzene ring substituents is 1. The van der Waals surface area contributed by atoms with Crippen LogP contribution < -0.4 is 9.64 Å². The molecule has 1 heterocycles. The molecule has 0 radical (unpaired) electrons. The fourth-order valence-electron chi connectivity index (χ4n) is 3.48. The molecule has 0 amide bonds. The first-order valence-electron chi connectivity index (χ1n) is 9.45. The maximum absolute atomic E-state index is 12.9. The Kier molecular flexibility index (Phi) is 6.39. The highest BCUT2D eigenvalue weighted by Gasteiger charge is 2.26. The molecule has 1 aliphatic heterocycles. The van der Waals surface area contributed by atoms with E-state index in [1.54, 1.807) is 30.3 Å². The molecule has 1 aliphatic rings. The van der Waals surface area contributed by atoms with Crippen LogP contribution in [0.2, 0.25) is 0 Å². The van der Waals surface area contributed by atoms with Gasteiger partial charge in [-0.15, -0.1) is 0 Å². The third-order valence-electron chi connectivity index (χ3n) is 5.15. The summed E-state index contributed by atoms with van der Waals surface area (Å²) in [7, 11) is -2.23. The molecule has 0 unspecified atom stereocenters. The Bertz CT molecular complexity index is 985. The molecule has 29 heavy (non-hydrogen) atoms. The Labute approximate surface area is 170 Å². The van der Waals surface area contributed by atoms with Crippen LogP contribution in [-0.2, 0) is 15.6 Å². The Balaban J connectivity index is 1.88. The third kappa shape index (κ3) is 4.86. The van der Waals surface area contributed by atoms with Gasteiger partial charge in [-0.05, 0) is 36.4 Å². The second-order valence-corrected chi connectivity index (χ2v) is 8.93. The zero-order valence-corrected chi connectivity index (χ0v) is 17.4. The minimum atomic E-state index is -3.74. The Morgan fingerprint density at radius 2 is 1.83 bits per heavy atom. The lowest BCUT2D eigenvalue weighted by Crippen LogP contribution is -2.46. The van der Waals surface area contributed by atoms with Gasteiger partial charge in [0.2, 0.25) is 0 Å². The molecule has 0 aromatic heterocycles. The minimum Gasteiger partial charge on any atom is -0.497 e. The van der Waals surface area contributed by atoms with Crippen LogP contribution in [-0.4, -0.2) is 58.1 Å². The van der Waals surface area contributed by atoms with Crippen LogP contribution in [0.5, 0.6) is 5.75 Å². The van der Waals surface area contributed by atoms with E-state index in [0.717, 1.165) is 19.6 Å². The number of hydrogen-bond donors (Lipinski definition) is 0. The Morgan fingerprint density at radius 3 is 2.45 bits per heavy atom. The van der Waals surface area contributed by atoms with Gasteiger partial charge in [0.25, 0.3) is 5.69 Å². The SMILES string of the molecule is CCN1CCN(c2ccc(S(=O)(=O)Cc3cccc(OC)c3)cc2[N+](=O)[O-])CC1. The molecule has 2 aromatic rings. The number of methoxy groups -OCH3 is 1. The summed E-state index contributed by atoms with van der Waals surface area (Å²) >= 11 is 0. The summed E-state index contributed by atoms with van der Waals surface area (Å²) in [6.07, 6.45) is 0. The first-order valence-corrected chi connectivity index (χ1v) is 11.1. The number of piperazine rings is 1. The van der Waals surface area contributed by atoms with Crippen molar-refractivity contribution in [2.24, 2.45) is 0 Å². The number of nitro groups is 1. The fraction of sp³-hybridized carbons (Fsp3) is 0.400. The van der Waals surface area contributed by atoms with E-state index in [1.165, 1.54) is 19.2 Å². The van der Waals surface area contributed by atoms with Gasteiger partial charge in [-0.2, -0.15) is 0 Å². The van der Waals surface area contributed by atoms with Crippen molar-refractivity contribution >= 4 is 21.2 Å². The summed E-state index contributed by atoms with van der Waals surface area (Å²) in [5.41, 5.74) is 0.847. The number of nitrogens with zero attached hydrogens (tertiary/aromatic N) is 3. The monoisotopic (exact) mass is 419 g/mol. The minimum absolute atomic E-state index is 0.0528. The molecule has 0 spiro atoms. The van der Waals surface area contributed by atoms with Gasteiger partial charge < -0.3 is 14.5 Å². The van der Waals surface area contributed by atoms with Crippen molar-refractivity contribution < 1.29 is 18.1 Å². The normalized spacial score (nSPS) is 15.3. The molecule has 0 atom stereocenters. The van der Waals surface area contributed by atoms with Crippen molar-refractivity contribution in [1.82, 2.24) is 4.90 Å². The van der Waals surface area contributed by atoms with Crippen molar-refractivity contribution in [3.05, 3.63) is 58.1 Å². The van der Waals surface area contributed by atoms with Crippen LogP contribution in [0.3, 0.4) is 0 Å². The van der Waals surface area contributed by atoms with E-state index in [9.17, 15) is 18.5 Å². The van der Waals surface area contributed by atoms with Gasteiger partial charge in [0.15, 0.2) is 9.84 Å². The van der Waals surface area contributed by atoms with E-state index < -0.39 is 14.8 Å². The van der Waals surface area contributed by atoms with Crippen LogP contribution in [0.15, 0.2) is 47.4 Å². The number of anilines is 1. The number of ether oxygens (including phenoxy) is 1. The van der Waals surface area contributed by atoms with E-state index >= 15 is 0 Å². The Morgan fingerprint density at radius 1 is 1.10 bits per heavy atom. The van der Waals surface area contributed by atoms with Crippen molar-refractivity contribution in [2.45, 2.75) is 17.6 Å². The fourth-order valence-corrected chi connectivity index (χ4v) is 4.83. The Hall–Kier alpha value is -2.65. The molecule has 0 saturated carbocycles. The zero-order valence-electron chi connectivity index (χ0n) is 16.6. The highest BCUT2D eigenvalue weighted by molar-refractivity contribution is 7.90.